The van der Waals surface area contributed by atoms with Crippen LogP contribution in [0.2, 0.25) is 0 Å². The van der Waals surface area contributed by atoms with Crippen molar-refractivity contribution in [2.24, 2.45) is 4.99 Å². The van der Waals surface area contributed by atoms with Gasteiger partial charge in [0.25, 0.3) is 0 Å². The predicted molar refractivity (Wildman–Crippen MR) is 181 cm³/mol. The van der Waals surface area contributed by atoms with E-state index in [-0.39, 0.29) is 23.9 Å². The van der Waals surface area contributed by atoms with E-state index in [1.54, 1.807) is 11.8 Å². The zero-order valence-electron chi connectivity index (χ0n) is 26.9. The number of carbonyl (C=O) groups excluding carboxylic acids is 1. The molecule has 2 heterocycles. The first-order chi connectivity index (χ1) is 22.5. The summed E-state index contributed by atoms with van der Waals surface area (Å²) in [6.07, 6.45) is 1.30. The average molecular weight is 665 g/mol. The normalized spacial score (nSPS) is 16.7. The fraction of sp³-hybridized carbons (Fsp3) is 0.371. The molecule has 3 aromatic carbocycles. The van der Waals surface area contributed by atoms with Crippen LogP contribution in [0, 0.1) is 6.92 Å². The zero-order valence-corrected chi connectivity index (χ0v) is 27.7. The summed E-state index contributed by atoms with van der Waals surface area (Å²) in [7, 11) is 0. The fourth-order valence-corrected chi connectivity index (χ4v) is 6.65. The van der Waals surface area contributed by atoms with Crippen molar-refractivity contribution in [1.29, 1.82) is 0 Å². The van der Waals surface area contributed by atoms with Crippen LogP contribution in [0.1, 0.15) is 56.7 Å². The van der Waals surface area contributed by atoms with Gasteiger partial charge in [-0.1, -0.05) is 61.5 Å². The number of aryl methyl sites for hydroxylation is 3. The zero-order chi connectivity index (χ0) is 33.6. The lowest BCUT2D eigenvalue weighted by Crippen LogP contribution is -2.43. The predicted octanol–water partition coefficient (Wildman–Crippen LogP) is 8.51. The lowest BCUT2D eigenvalue weighted by atomic mass is 10.0. The van der Waals surface area contributed by atoms with Crippen LogP contribution >= 0.6 is 11.8 Å². The molecule has 1 aliphatic heterocycles. The maximum absolute atomic E-state index is 13.1. The van der Waals surface area contributed by atoms with Gasteiger partial charge in [0, 0.05) is 29.1 Å². The number of urea groups is 1. The molecule has 2 unspecified atom stereocenters. The van der Waals surface area contributed by atoms with Crippen LogP contribution in [-0.2, 0) is 12.8 Å². The monoisotopic (exact) mass is 664 g/mol. The second kappa shape index (κ2) is 15.1. The number of hydrogen-bond donors (Lipinski definition) is 1. The SMILES string of the molecule is CCCc1ccc(C)cc1N1/C(=N/C(=O)NC(C)CCc2ccc(-c3ncn(-c4ccc(OC(F)(F)F)cc4)n3)cc2)SCCC1C. The minimum atomic E-state index is -4.74. The number of aromatic nitrogens is 3. The van der Waals surface area contributed by atoms with Gasteiger partial charge in [-0.25, -0.2) is 14.5 Å². The summed E-state index contributed by atoms with van der Waals surface area (Å²) in [5.74, 6) is 1.11. The summed E-state index contributed by atoms with van der Waals surface area (Å²) >= 11 is 1.63. The highest BCUT2D eigenvalue weighted by atomic mass is 32.2. The molecule has 4 aromatic rings. The third-order valence-electron chi connectivity index (χ3n) is 7.91. The van der Waals surface area contributed by atoms with Crippen molar-refractivity contribution in [2.75, 3.05) is 10.7 Å². The summed E-state index contributed by atoms with van der Waals surface area (Å²) in [4.78, 5) is 24.2. The lowest BCUT2D eigenvalue weighted by molar-refractivity contribution is -0.274. The van der Waals surface area contributed by atoms with Crippen molar-refractivity contribution in [3.63, 3.8) is 0 Å². The molecule has 1 aromatic heterocycles. The molecule has 8 nitrogen and oxygen atoms in total. The van der Waals surface area contributed by atoms with Crippen LogP contribution in [-0.4, -0.2) is 50.2 Å². The number of nitrogens with one attached hydrogen (secondary N) is 1. The van der Waals surface area contributed by atoms with Crippen LogP contribution in [0.15, 0.2) is 78.0 Å². The number of aliphatic imine (C=N–C) groups is 1. The number of amides is 2. The number of alkyl halides is 3. The Morgan fingerprint density at radius 1 is 1.11 bits per heavy atom. The number of amidine groups is 1. The molecule has 248 valence electrons. The lowest BCUT2D eigenvalue weighted by Gasteiger charge is -2.37. The standard InChI is InChI=1S/C35H39F3N6O2S/c1-5-6-27-12-7-23(2)21-31(27)44-25(4)19-20-47-34(44)41-33(45)40-24(3)8-9-26-10-13-28(14-11-26)32-39-22-43(42-32)29-15-17-30(18-16-29)46-35(36,37)38/h7,10-18,21-22,24-25H,5-6,8-9,19-20H2,1-4H3,(H,40,45)/b41-34-. The molecule has 0 saturated carbocycles. The Hall–Kier alpha value is -4.32. The number of benzene rings is 3. The Labute approximate surface area is 277 Å². The van der Waals surface area contributed by atoms with Gasteiger partial charge in [0.2, 0.25) is 0 Å². The van der Waals surface area contributed by atoms with E-state index in [4.69, 9.17) is 0 Å². The molecule has 2 amide bonds. The molecule has 47 heavy (non-hydrogen) atoms. The number of carbonyl (C=O) groups is 1. The Morgan fingerprint density at radius 2 is 1.85 bits per heavy atom. The molecule has 0 spiro atoms. The molecule has 5 rings (SSSR count). The molecule has 0 bridgehead atoms. The molecule has 0 aliphatic carbocycles. The van der Waals surface area contributed by atoms with E-state index in [0.29, 0.717) is 11.5 Å². The van der Waals surface area contributed by atoms with Gasteiger partial charge < -0.3 is 15.0 Å². The van der Waals surface area contributed by atoms with E-state index in [9.17, 15) is 18.0 Å². The van der Waals surface area contributed by atoms with Gasteiger partial charge in [-0.2, -0.15) is 4.99 Å². The Balaban J connectivity index is 1.17. The smallest absolute Gasteiger partial charge is 0.406 e. The van der Waals surface area contributed by atoms with E-state index < -0.39 is 6.36 Å². The van der Waals surface area contributed by atoms with Crippen LogP contribution < -0.4 is 15.0 Å². The highest BCUT2D eigenvalue weighted by Gasteiger charge is 2.31. The summed E-state index contributed by atoms with van der Waals surface area (Å²) in [5.41, 5.74) is 6.07. The molecule has 1 saturated heterocycles. The quantitative estimate of drug-likeness (QED) is 0.183. The molecular formula is C35H39F3N6O2S. The Morgan fingerprint density at radius 3 is 2.55 bits per heavy atom. The number of anilines is 1. The third kappa shape index (κ3) is 9.15. The fourth-order valence-electron chi connectivity index (χ4n) is 5.44. The van der Waals surface area contributed by atoms with Crippen molar-refractivity contribution < 1.29 is 22.7 Å². The van der Waals surface area contributed by atoms with Crippen LogP contribution in [0.25, 0.3) is 17.1 Å². The molecule has 12 heteroatoms. The summed E-state index contributed by atoms with van der Waals surface area (Å²) in [6.45, 7) is 8.45. The van der Waals surface area contributed by atoms with Crippen molar-refractivity contribution in [1.82, 2.24) is 20.1 Å². The number of halogens is 3. The van der Waals surface area contributed by atoms with E-state index in [1.165, 1.54) is 46.4 Å². The van der Waals surface area contributed by atoms with E-state index in [1.807, 2.05) is 31.2 Å². The molecule has 0 radical (unpaired) electrons. The van der Waals surface area contributed by atoms with Gasteiger partial charge >= 0.3 is 12.4 Å². The van der Waals surface area contributed by atoms with Crippen LogP contribution in [0.4, 0.5) is 23.7 Å². The van der Waals surface area contributed by atoms with Gasteiger partial charge in [-0.15, -0.1) is 18.3 Å². The molecule has 1 fully saturated rings. The van der Waals surface area contributed by atoms with Crippen molar-refractivity contribution >= 4 is 28.6 Å². The Kier molecular flexibility index (Phi) is 10.9. The van der Waals surface area contributed by atoms with Crippen LogP contribution in [0.5, 0.6) is 5.75 Å². The van der Waals surface area contributed by atoms with Crippen molar-refractivity contribution in [3.8, 4) is 22.8 Å². The third-order valence-corrected chi connectivity index (χ3v) is 8.89. The first kappa shape index (κ1) is 34.0. The van der Waals surface area contributed by atoms with Gasteiger partial charge in [-0.3, -0.25) is 0 Å². The van der Waals surface area contributed by atoms with E-state index >= 15 is 0 Å². The molecular weight excluding hydrogens is 625 g/mol. The van der Waals surface area contributed by atoms with Gasteiger partial charge in [-0.05, 0) is 93.5 Å². The number of thioether (sulfide) groups is 1. The first-order valence-electron chi connectivity index (χ1n) is 15.8. The largest absolute Gasteiger partial charge is 0.573 e. The highest BCUT2D eigenvalue weighted by molar-refractivity contribution is 8.14. The minimum Gasteiger partial charge on any atom is -0.406 e. The van der Waals surface area contributed by atoms with Crippen molar-refractivity contribution in [3.05, 3.63) is 89.7 Å². The van der Waals surface area contributed by atoms with E-state index in [0.717, 1.165) is 59.8 Å². The number of ether oxygens (including phenoxy) is 1. The van der Waals surface area contributed by atoms with Gasteiger partial charge in [0.15, 0.2) is 11.0 Å². The molecule has 1 aliphatic rings. The Bertz CT molecular complexity index is 1690. The van der Waals surface area contributed by atoms with Crippen molar-refractivity contribution in [2.45, 2.75) is 78.2 Å². The maximum Gasteiger partial charge on any atom is 0.573 e. The second-order valence-electron chi connectivity index (χ2n) is 11.8. The van der Waals surface area contributed by atoms with E-state index in [2.05, 4.69) is 69.0 Å². The number of hydrogen-bond acceptors (Lipinski definition) is 5. The second-order valence-corrected chi connectivity index (χ2v) is 12.8. The summed E-state index contributed by atoms with van der Waals surface area (Å²) in [5, 5.41) is 8.26. The van der Waals surface area contributed by atoms with Crippen LogP contribution in [0.3, 0.4) is 0 Å². The number of rotatable bonds is 10. The summed E-state index contributed by atoms with van der Waals surface area (Å²) < 4.78 is 42.7. The summed E-state index contributed by atoms with van der Waals surface area (Å²) in [6, 6.07) is 19.7. The average Bonchev–Trinajstić information content (AvgIpc) is 3.52. The number of nitrogens with zero attached hydrogens (tertiary/aromatic N) is 5. The first-order valence-corrected chi connectivity index (χ1v) is 16.8. The topological polar surface area (TPSA) is 84.6 Å². The molecule has 2 atom stereocenters. The molecule has 1 N–H and O–H groups in total. The minimum absolute atomic E-state index is 0.0779. The van der Waals surface area contributed by atoms with Gasteiger partial charge in [0.1, 0.15) is 12.1 Å². The van der Waals surface area contributed by atoms with Gasteiger partial charge in [0.05, 0.1) is 5.69 Å². The maximum atomic E-state index is 13.1. The highest BCUT2D eigenvalue weighted by Crippen LogP contribution is 2.33.